The van der Waals surface area contributed by atoms with Crippen LogP contribution in [0.1, 0.15) is 10.4 Å². The molecule has 0 bridgehead atoms. The van der Waals surface area contributed by atoms with Crippen LogP contribution < -0.4 is 5.56 Å². The van der Waals surface area contributed by atoms with Gasteiger partial charge in [0.25, 0.3) is 5.56 Å². The molecule has 0 atom stereocenters. The van der Waals surface area contributed by atoms with Crippen LogP contribution in [-0.2, 0) is 0 Å². The third-order valence-corrected chi connectivity index (χ3v) is 3.32. The van der Waals surface area contributed by atoms with E-state index in [0.717, 1.165) is 0 Å². The van der Waals surface area contributed by atoms with Gasteiger partial charge in [-0.25, -0.2) is 14.2 Å². The Balaban J connectivity index is 2.28. The number of hydrogen-bond acceptors (Lipinski definition) is 3. The van der Waals surface area contributed by atoms with Crippen LogP contribution in [0.2, 0.25) is 0 Å². The summed E-state index contributed by atoms with van der Waals surface area (Å²) in [6.45, 7) is 0. The van der Waals surface area contributed by atoms with E-state index in [1.165, 1.54) is 47.3 Å². The molecule has 0 amide bonds. The van der Waals surface area contributed by atoms with Gasteiger partial charge in [-0.05, 0) is 35.9 Å². The van der Waals surface area contributed by atoms with Crippen molar-refractivity contribution >= 4 is 5.97 Å². The number of carboxylic acids is 1. The molecule has 0 saturated heterocycles. The average molecular weight is 310 g/mol. The van der Waals surface area contributed by atoms with Gasteiger partial charge in [0, 0.05) is 18.0 Å². The summed E-state index contributed by atoms with van der Waals surface area (Å²) in [6.07, 6.45) is 2.73. The Kier molecular flexibility index (Phi) is 3.72. The van der Waals surface area contributed by atoms with E-state index in [4.69, 9.17) is 0 Å². The summed E-state index contributed by atoms with van der Waals surface area (Å²) in [5.74, 6) is -1.30. The highest BCUT2D eigenvalue weighted by molar-refractivity contribution is 5.89. The summed E-state index contributed by atoms with van der Waals surface area (Å²) in [7, 11) is 0. The molecule has 2 heterocycles. The van der Waals surface area contributed by atoms with Crippen LogP contribution in [0.4, 0.5) is 4.39 Å². The van der Waals surface area contributed by atoms with Crippen molar-refractivity contribution in [2.45, 2.75) is 0 Å². The van der Waals surface area contributed by atoms with Crippen LogP contribution in [0.25, 0.3) is 16.9 Å². The van der Waals surface area contributed by atoms with Crippen molar-refractivity contribution in [2.24, 2.45) is 0 Å². The number of aromatic carboxylic acids is 1. The Bertz CT molecular complexity index is 919. The van der Waals surface area contributed by atoms with Gasteiger partial charge in [0.1, 0.15) is 11.6 Å². The van der Waals surface area contributed by atoms with Crippen molar-refractivity contribution < 1.29 is 14.3 Å². The Morgan fingerprint density at radius 2 is 1.87 bits per heavy atom. The highest BCUT2D eigenvalue weighted by Crippen LogP contribution is 2.18. The second kappa shape index (κ2) is 5.84. The maximum atomic E-state index is 13.1. The van der Waals surface area contributed by atoms with Crippen LogP contribution in [0.3, 0.4) is 0 Å². The van der Waals surface area contributed by atoms with E-state index >= 15 is 0 Å². The highest BCUT2D eigenvalue weighted by atomic mass is 19.1. The maximum Gasteiger partial charge on any atom is 0.337 e. The first-order valence-corrected chi connectivity index (χ1v) is 6.73. The predicted molar refractivity (Wildman–Crippen MR) is 82.2 cm³/mol. The van der Waals surface area contributed by atoms with Gasteiger partial charge >= 0.3 is 5.97 Å². The van der Waals surface area contributed by atoms with Crippen molar-refractivity contribution in [3.63, 3.8) is 0 Å². The lowest BCUT2D eigenvalue weighted by molar-refractivity contribution is 0.0696. The molecular weight excluding hydrogens is 299 g/mol. The molecule has 0 unspecified atom stereocenters. The number of carbonyl (C=O) groups is 1. The van der Waals surface area contributed by atoms with Gasteiger partial charge in [0.05, 0.1) is 5.56 Å². The number of carboxylic acid groups (broad SMARTS) is 1. The van der Waals surface area contributed by atoms with Crippen LogP contribution in [0, 0.1) is 5.82 Å². The monoisotopic (exact) mass is 310 g/mol. The molecule has 1 aromatic carbocycles. The van der Waals surface area contributed by atoms with Gasteiger partial charge in [-0.1, -0.05) is 18.2 Å². The minimum absolute atomic E-state index is 0.0606. The Hall–Kier alpha value is -3.28. The molecule has 2 aromatic heterocycles. The molecule has 0 fully saturated rings. The molecule has 0 aliphatic rings. The van der Waals surface area contributed by atoms with Gasteiger partial charge in [-0.2, -0.15) is 0 Å². The van der Waals surface area contributed by atoms with Crippen molar-refractivity contribution in [1.82, 2.24) is 9.55 Å². The van der Waals surface area contributed by atoms with E-state index < -0.39 is 17.3 Å². The second-order valence-corrected chi connectivity index (χ2v) is 4.82. The Morgan fingerprint density at radius 3 is 2.48 bits per heavy atom. The number of halogens is 1. The number of rotatable bonds is 3. The van der Waals surface area contributed by atoms with E-state index in [1.807, 2.05) is 0 Å². The molecule has 0 aliphatic heterocycles. The predicted octanol–water partition coefficient (Wildman–Crippen LogP) is 2.74. The maximum absolute atomic E-state index is 13.1. The topological polar surface area (TPSA) is 72.2 Å². The van der Waals surface area contributed by atoms with Crippen molar-refractivity contribution in [3.8, 4) is 16.9 Å². The SMILES string of the molecule is O=C(O)c1cc(-c2ccc(F)cc2)c(=O)n(-c2ccccn2)c1. The second-order valence-electron chi connectivity index (χ2n) is 4.82. The fourth-order valence-electron chi connectivity index (χ4n) is 2.20. The van der Waals surface area contributed by atoms with Gasteiger partial charge in [-0.3, -0.25) is 9.36 Å². The molecule has 1 N–H and O–H groups in total. The number of aromatic nitrogens is 2. The van der Waals surface area contributed by atoms with Crippen molar-refractivity contribution in [2.75, 3.05) is 0 Å². The normalized spacial score (nSPS) is 10.5. The number of hydrogen-bond donors (Lipinski definition) is 1. The molecule has 23 heavy (non-hydrogen) atoms. The lowest BCUT2D eigenvalue weighted by Gasteiger charge is -2.09. The Labute approximate surface area is 130 Å². The summed E-state index contributed by atoms with van der Waals surface area (Å²) >= 11 is 0. The first-order valence-electron chi connectivity index (χ1n) is 6.73. The summed E-state index contributed by atoms with van der Waals surface area (Å²) in [4.78, 5) is 28.1. The smallest absolute Gasteiger partial charge is 0.337 e. The lowest BCUT2D eigenvalue weighted by atomic mass is 10.1. The fraction of sp³-hybridized carbons (Fsp3) is 0. The minimum Gasteiger partial charge on any atom is -0.478 e. The molecule has 6 heteroatoms. The van der Waals surface area contributed by atoms with Crippen LogP contribution in [0.15, 0.2) is 65.7 Å². The standard InChI is InChI=1S/C17H11FN2O3/c18-13-6-4-11(5-7-13)14-9-12(17(22)23)10-20(16(14)21)15-3-1-2-8-19-15/h1-10H,(H,22,23). The van der Waals surface area contributed by atoms with Crippen LogP contribution >= 0.6 is 0 Å². The van der Waals surface area contributed by atoms with Crippen LogP contribution in [-0.4, -0.2) is 20.6 Å². The minimum atomic E-state index is -1.17. The number of pyridine rings is 2. The highest BCUT2D eigenvalue weighted by Gasteiger charge is 2.14. The molecule has 0 aliphatic carbocycles. The van der Waals surface area contributed by atoms with Crippen molar-refractivity contribution in [3.05, 3.63) is 82.7 Å². The summed E-state index contributed by atoms with van der Waals surface area (Å²) in [6, 6.07) is 11.6. The van der Waals surface area contributed by atoms with E-state index in [-0.39, 0.29) is 11.1 Å². The molecule has 0 radical (unpaired) electrons. The third kappa shape index (κ3) is 2.87. The third-order valence-electron chi connectivity index (χ3n) is 3.32. The van der Waals surface area contributed by atoms with Gasteiger partial charge < -0.3 is 5.11 Å². The summed E-state index contributed by atoms with van der Waals surface area (Å²) < 4.78 is 14.2. The van der Waals surface area contributed by atoms with Gasteiger partial charge in [0.15, 0.2) is 0 Å². The summed E-state index contributed by atoms with van der Waals surface area (Å²) in [5, 5.41) is 9.27. The number of nitrogens with zero attached hydrogens (tertiary/aromatic N) is 2. The fourth-order valence-corrected chi connectivity index (χ4v) is 2.20. The largest absolute Gasteiger partial charge is 0.478 e. The zero-order chi connectivity index (χ0) is 16.4. The van der Waals surface area contributed by atoms with Crippen molar-refractivity contribution in [1.29, 1.82) is 0 Å². The molecule has 5 nitrogen and oxygen atoms in total. The quantitative estimate of drug-likeness (QED) is 0.807. The molecular formula is C17H11FN2O3. The van der Waals surface area contributed by atoms with E-state index in [1.54, 1.807) is 18.2 Å². The summed E-state index contributed by atoms with van der Waals surface area (Å²) in [5.41, 5.74) is 0.106. The zero-order valence-electron chi connectivity index (χ0n) is 11.8. The molecule has 3 rings (SSSR count). The van der Waals surface area contributed by atoms with Crippen LogP contribution in [0.5, 0.6) is 0 Å². The molecule has 0 saturated carbocycles. The number of benzene rings is 1. The zero-order valence-corrected chi connectivity index (χ0v) is 11.8. The van der Waals surface area contributed by atoms with Gasteiger partial charge in [-0.15, -0.1) is 0 Å². The molecule has 0 spiro atoms. The average Bonchev–Trinajstić information content (AvgIpc) is 2.56. The van der Waals surface area contributed by atoms with E-state index in [0.29, 0.717) is 11.4 Å². The first kappa shape index (κ1) is 14.6. The lowest BCUT2D eigenvalue weighted by Crippen LogP contribution is -2.22. The molecule has 3 aromatic rings. The Morgan fingerprint density at radius 1 is 1.13 bits per heavy atom. The van der Waals surface area contributed by atoms with E-state index in [9.17, 15) is 19.1 Å². The first-order chi connectivity index (χ1) is 11.1. The van der Waals surface area contributed by atoms with Gasteiger partial charge in [0.2, 0.25) is 0 Å². The molecule has 114 valence electrons. The van der Waals surface area contributed by atoms with E-state index in [2.05, 4.69) is 4.98 Å².